The molecule has 1 saturated carbocycles. The Labute approximate surface area is 173 Å². The molecule has 1 aliphatic rings. The van der Waals surface area contributed by atoms with E-state index in [0.717, 1.165) is 12.5 Å². The third-order valence-electron chi connectivity index (χ3n) is 4.99. The van der Waals surface area contributed by atoms with E-state index in [1.807, 2.05) is 0 Å². The summed E-state index contributed by atoms with van der Waals surface area (Å²) >= 11 is 0. The van der Waals surface area contributed by atoms with Crippen molar-refractivity contribution in [1.82, 2.24) is 19.9 Å². The van der Waals surface area contributed by atoms with Crippen LogP contribution in [0.3, 0.4) is 0 Å². The van der Waals surface area contributed by atoms with E-state index in [4.69, 9.17) is 0 Å². The SMILES string of the molecule is C[C@]1(O)CC[C@@H](Nc2nc(NCc3cncnc3C(F)(F)F)ncc2C(F)(F)F)CC1. The molecule has 0 atom stereocenters. The molecular formula is C18H20F6N6O. The van der Waals surface area contributed by atoms with Gasteiger partial charge in [-0.15, -0.1) is 0 Å². The number of nitrogens with zero attached hydrogens (tertiary/aromatic N) is 4. The van der Waals surface area contributed by atoms with Gasteiger partial charge in [-0.2, -0.15) is 31.3 Å². The highest BCUT2D eigenvalue weighted by molar-refractivity contribution is 5.49. The number of hydrogen-bond donors (Lipinski definition) is 3. The lowest BCUT2D eigenvalue weighted by molar-refractivity contribution is -0.142. The van der Waals surface area contributed by atoms with Crippen LogP contribution in [0.15, 0.2) is 18.7 Å². The van der Waals surface area contributed by atoms with Crippen LogP contribution in [0.5, 0.6) is 0 Å². The smallest absolute Gasteiger partial charge is 0.390 e. The molecule has 2 aromatic heterocycles. The van der Waals surface area contributed by atoms with Gasteiger partial charge in [0.05, 0.1) is 5.60 Å². The highest BCUT2D eigenvalue weighted by Crippen LogP contribution is 2.36. The Hall–Kier alpha value is -2.70. The third-order valence-corrected chi connectivity index (χ3v) is 4.99. The number of aromatic nitrogens is 4. The second-order valence-corrected chi connectivity index (χ2v) is 7.62. The van der Waals surface area contributed by atoms with Crippen molar-refractivity contribution < 1.29 is 31.4 Å². The highest BCUT2D eigenvalue weighted by atomic mass is 19.4. The van der Waals surface area contributed by atoms with Gasteiger partial charge in [0, 0.05) is 30.5 Å². The molecule has 0 spiro atoms. The summed E-state index contributed by atoms with van der Waals surface area (Å²) in [5, 5.41) is 15.2. The standard InChI is InChI=1S/C18H20F6N6O/c1-16(31)4-2-11(3-5-16)29-14-12(17(19,20)21)8-27-15(30-14)26-7-10-6-25-9-28-13(10)18(22,23)24/h6,8-9,11,31H,2-5,7H2,1H3,(H2,26,27,29,30)/t11-,16+. The Morgan fingerprint density at radius 3 is 2.35 bits per heavy atom. The lowest BCUT2D eigenvalue weighted by Gasteiger charge is -2.34. The molecule has 170 valence electrons. The van der Waals surface area contributed by atoms with Crippen molar-refractivity contribution in [2.45, 2.75) is 63.1 Å². The van der Waals surface area contributed by atoms with Crippen LogP contribution in [0, 0.1) is 0 Å². The molecule has 2 aromatic rings. The molecule has 0 bridgehead atoms. The maximum absolute atomic E-state index is 13.4. The van der Waals surface area contributed by atoms with Crippen molar-refractivity contribution in [2.24, 2.45) is 0 Å². The first-order valence-electron chi connectivity index (χ1n) is 9.38. The molecule has 1 aliphatic carbocycles. The monoisotopic (exact) mass is 450 g/mol. The van der Waals surface area contributed by atoms with Gasteiger partial charge in [-0.1, -0.05) is 0 Å². The lowest BCUT2D eigenvalue weighted by atomic mass is 9.83. The van der Waals surface area contributed by atoms with E-state index in [1.54, 1.807) is 6.92 Å². The Balaban J connectivity index is 1.79. The van der Waals surface area contributed by atoms with E-state index in [2.05, 4.69) is 30.6 Å². The molecule has 0 radical (unpaired) electrons. The Kier molecular flexibility index (Phi) is 6.25. The molecule has 3 rings (SSSR count). The van der Waals surface area contributed by atoms with E-state index >= 15 is 0 Å². The van der Waals surface area contributed by atoms with Gasteiger partial charge in [-0.25, -0.2) is 15.0 Å². The van der Waals surface area contributed by atoms with Crippen LogP contribution in [-0.4, -0.2) is 36.7 Å². The second-order valence-electron chi connectivity index (χ2n) is 7.62. The zero-order valence-electron chi connectivity index (χ0n) is 16.3. The van der Waals surface area contributed by atoms with Crippen LogP contribution >= 0.6 is 0 Å². The molecule has 0 aromatic carbocycles. The van der Waals surface area contributed by atoms with E-state index in [9.17, 15) is 31.4 Å². The van der Waals surface area contributed by atoms with Crippen LogP contribution < -0.4 is 10.6 Å². The van der Waals surface area contributed by atoms with Crippen molar-refractivity contribution in [2.75, 3.05) is 10.6 Å². The summed E-state index contributed by atoms with van der Waals surface area (Å²) in [5.41, 5.74) is -3.41. The Bertz CT molecular complexity index is 907. The largest absolute Gasteiger partial charge is 0.433 e. The minimum absolute atomic E-state index is 0.282. The Morgan fingerprint density at radius 2 is 1.74 bits per heavy atom. The molecule has 0 unspecified atom stereocenters. The molecule has 31 heavy (non-hydrogen) atoms. The van der Waals surface area contributed by atoms with Gasteiger partial charge in [0.25, 0.3) is 0 Å². The van der Waals surface area contributed by atoms with Gasteiger partial charge in [-0.3, -0.25) is 0 Å². The normalized spacial score (nSPS) is 22.3. The maximum atomic E-state index is 13.4. The van der Waals surface area contributed by atoms with Gasteiger partial charge >= 0.3 is 12.4 Å². The molecule has 1 fully saturated rings. The first-order valence-corrected chi connectivity index (χ1v) is 9.38. The number of anilines is 2. The fourth-order valence-corrected chi connectivity index (χ4v) is 3.28. The zero-order chi connectivity index (χ0) is 22.9. The summed E-state index contributed by atoms with van der Waals surface area (Å²) in [6.45, 7) is 1.23. The van der Waals surface area contributed by atoms with Gasteiger partial charge in [0.2, 0.25) is 5.95 Å². The summed E-state index contributed by atoms with van der Waals surface area (Å²) in [5.74, 6) is -0.757. The molecule has 0 saturated heterocycles. The molecule has 13 heteroatoms. The van der Waals surface area contributed by atoms with Crippen molar-refractivity contribution in [3.63, 3.8) is 0 Å². The van der Waals surface area contributed by atoms with Gasteiger partial charge < -0.3 is 15.7 Å². The topological polar surface area (TPSA) is 95.8 Å². The molecule has 2 heterocycles. The van der Waals surface area contributed by atoms with Crippen LogP contribution in [0.4, 0.5) is 38.1 Å². The minimum atomic E-state index is -4.72. The number of halogens is 6. The summed E-state index contributed by atoms with van der Waals surface area (Å²) in [6.07, 6.45) is -5.45. The summed E-state index contributed by atoms with van der Waals surface area (Å²) in [6, 6.07) is -0.344. The van der Waals surface area contributed by atoms with E-state index in [-0.39, 0.29) is 17.6 Å². The maximum Gasteiger partial charge on any atom is 0.433 e. The average molecular weight is 450 g/mol. The number of nitrogens with one attached hydrogen (secondary N) is 2. The highest BCUT2D eigenvalue weighted by Gasteiger charge is 2.37. The number of rotatable bonds is 5. The van der Waals surface area contributed by atoms with E-state index < -0.39 is 41.6 Å². The molecule has 7 nitrogen and oxygen atoms in total. The first kappa shape index (κ1) is 23.0. The van der Waals surface area contributed by atoms with Crippen LogP contribution in [0.1, 0.15) is 49.4 Å². The predicted octanol–water partition coefficient (Wildman–Crippen LogP) is 4.02. The van der Waals surface area contributed by atoms with Crippen molar-refractivity contribution >= 4 is 11.8 Å². The fraction of sp³-hybridized carbons (Fsp3) is 0.556. The van der Waals surface area contributed by atoms with Crippen LogP contribution in [0.2, 0.25) is 0 Å². The molecule has 3 N–H and O–H groups in total. The first-order chi connectivity index (χ1) is 14.4. The third kappa shape index (κ3) is 5.93. The zero-order valence-corrected chi connectivity index (χ0v) is 16.3. The average Bonchev–Trinajstić information content (AvgIpc) is 2.67. The molecule has 0 aliphatic heterocycles. The van der Waals surface area contributed by atoms with Crippen LogP contribution in [0.25, 0.3) is 0 Å². The summed E-state index contributed by atoms with van der Waals surface area (Å²) in [7, 11) is 0. The van der Waals surface area contributed by atoms with Crippen molar-refractivity contribution in [3.05, 3.63) is 35.5 Å². The van der Waals surface area contributed by atoms with Gasteiger partial charge in [-0.05, 0) is 32.6 Å². The number of alkyl halides is 6. The molecule has 0 amide bonds. The second kappa shape index (κ2) is 8.44. The number of hydrogen-bond acceptors (Lipinski definition) is 7. The van der Waals surface area contributed by atoms with E-state index in [0.29, 0.717) is 31.9 Å². The van der Waals surface area contributed by atoms with Gasteiger partial charge in [0.15, 0.2) is 5.69 Å². The van der Waals surface area contributed by atoms with Gasteiger partial charge in [0.1, 0.15) is 17.7 Å². The minimum Gasteiger partial charge on any atom is -0.390 e. The quantitative estimate of drug-likeness (QED) is 0.592. The molecular weight excluding hydrogens is 430 g/mol. The fourth-order valence-electron chi connectivity index (χ4n) is 3.28. The number of aliphatic hydroxyl groups is 1. The van der Waals surface area contributed by atoms with Crippen molar-refractivity contribution in [3.8, 4) is 0 Å². The van der Waals surface area contributed by atoms with Crippen LogP contribution in [-0.2, 0) is 18.9 Å². The van der Waals surface area contributed by atoms with E-state index in [1.165, 1.54) is 0 Å². The summed E-state index contributed by atoms with van der Waals surface area (Å²) in [4.78, 5) is 14.2. The lowest BCUT2D eigenvalue weighted by Crippen LogP contribution is -2.36. The van der Waals surface area contributed by atoms with Crippen molar-refractivity contribution in [1.29, 1.82) is 0 Å². The summed E-state index contributed by atoms with van der Waals surface area (Å²) < 4.78 is 79.2. The Morgan fingerprint density at radius 1 is 1.06 bits per heavy atom. The predicted molar refractivity (Wildman–Crippen MR) is 97.9 cm³/mol.